The minimum atomic E-state index is 0.103. The van der Waals surface area contributed by atoms with Crippen LogP contribution in [0.15, 0.2) is 24.3 Å². The molecule has 19 heavy (non-hydrogen) atoms. The Labute approximate surface area is 115 Å². The van der Waals surface area contributed by atoms with E-state index in [2.05, 4.69) is 36.1 Å². The maximum atomic E-state index is 11.9. The number of benzene rings is 1. The van der Waals surface area contributed by atoms with Crippen molar-refractivity contribution in [2.75, 3.05) is 31.6 Å². The van der Waals surface area contributed by atoms with Gasteiger partial charge in [-0.2, -0.15) is 0 Å². The molecule has 1 amide bonds. The first-order chi connectivity index (χ1) is 9.11. The Morgan fingerprint density at radius 1 is 1.26 bits per heavy atom. The van der Waals surface area contributed by atoms with Crippen LogP contribution in [0.5, 0.6) is 0 Å². The van der Waals surface area contributed by atoms with E-state index in [1.165, 1.54) is 0 Å². The molecule has 4 heteroatoms. The maximum absolute atomic E-state index is 11.9. The molecule has 0 saturated carbocycles. The zero-order valence-electron chi connectivity index (χ0n) is 11.8. The molecular weight excluding hydrogens is 238 g/mol. The van der Waals surface area contributed by atoms with Crippen LogP contribution in [0, 0.1) is 0 Å². The SMILES string of the molecule is CCC(N)c1ccc(N2CCCN(C)C(=O)C2)cc1. The number of nitrogens with zero attached hydrogens (tertiary/aromatic N) is 2. The van der Waals surface area contributed by atoms with Gasteiger partial charge >= 0.3 is 0 Å². The van der Waals surface area contributed by atoms with Gasteiger partial charge in [-0.3, -0.25) is 4.79 Å². The Morgan fingerprint density at radius 3 is 2.58 bits per heavy atom. The van der Waals surface area contributed by atoms with Gasteiger partial charge in [-0.15, -0.1) is 0 Å². The van der Waals surface area contributed by atoms with Crippen molar-refractivity contribution in [3.63, 3.8) is 0 Å². The molecule has 2 N–H and O–H groups in total. The standard InChI is InChI=1S/C15H23N3O/c1-3-14(16)12-5-7-13(8-6-12)18-10-4-9-17(2)15(19)11-18/h5-8,14H,3-4,9-11,16H2,1-2H3. The number of nitrogens with two attached hydrogens (primary N) is 1. The molecule has 104 valence electrons. The van der Waals surface area contributed by atoms with Crippen LogP contribution in [0.25, 0.3) is 0 Å². The highest BCUT2D eigenvalue weighted by molar-refractivity contribution is 5.81. The first-order valence-corrected chi connectivity index (χ1v) is 6.96. The van der Waals surface area contributed by atoms with Gasteiger partial charge in [-0.25, -0.2) is 0 Å². The van der Waals surface area contributed by atoms with Crippen LogP contribution < -0.4 is 10.6 Å². The monoisotopic (exact) mass is 261 g/mol. The fourth-order valence-corrected chi connectivity index (χ4v) is 2.37. The Kier molecular flexibility index (Phi) is 4.43. The van der Waals surface area contributed by atoms with Crippen LogP contribution >= 0.6 is 0 Å². The highest BCUT2D eigenvalue weighted by atomic mass is 16.2. The van der Waals surface area contributed by atoms with Crippen LogP contribution in [0.3, 0.4) is 0 Å². The molecule has 0 bridgehead atoms. The minimum absolute atomic E-state index is 0.103. The quantitative estimate of drug-likeness (QED) is 0.902. The number of hydrogen-bond acceptors (Lipinski definition) is 3. The lowest BCUT2D eigenvalue weighted by atomic mass is 10.1. The van der Waals surface area contributed by atoms with E-state index < -0.39 is 0 Å². The second kappa shape index (κ2) is 6.06. The molecule has 1 unspecified atom stereocenters. The minimum Gasteiger partial charge on any atom is -0.362 e. The first-order valence-electron chi connectivity index (χ1n) is 6.96. The number of amides is 1. The molecule has 2 rings (SSSR count). The third-order valence-electron chi connectivity index (χ3n) is 3.80. The molecule has 1 aromatic carbocycles. The van der Waals surface area contributed by atoms with Gasteiger partial charge in [0, 0.05) is 31.9 Å². The Hall–Kier alpha value is -1.55. The molecule has 1 aromatic rings. The van der Waals surface area contributed by atoms with Gasteiger partial charge < -0.3 is 15.5 Å². The predicted octanol–water partition coefficient (Wildman–Crippen LogP) is 1.76. The topological polar surface area (TPSA) is 49.6 Å². The third-order valence-corrected chi connectivity index (χ3v) is 3.80. The van der Waals surface area contributed by atoms with E-state index in [9.17, 15) is 4.79 Å². The second-order valence-corrected chi connectivity index (χ2v) is 5.20. The Morgan fingerprint density at radius 2 is 1.95 bits per heavy atom. The lowest BCUT2D eigenvalue weighted by molar-refractivity contribution is -0.127. The smallest absolute Gasteiger partial charge is 0.241 e. The highest BCUT2D eigenvalue weighted by Crippen LogP contribution is 2.21. The summed E-state index contributed by atoms with van der Waals surface area (Å²) in [5.74, 6) is 0.187. The lowest BCUT2D eigenvalue weighted by Gasteiger charge is -2.22. The van der Waals surface area contributed by atoms with Gasteiger partial charge in [0.25, 0.3) is 0 Å². The molecule has 0 aliphatic carbocycles. The third kappa shape index (κ3) is 3.26. The second-order valence-electron chi connectivity index (χ2n) is 5.20. The number of rotatable bonds is 3. The van der Waals surface area contributed by atoms with Crippen molar-refractivity contribution in [3.05, 3.63) is 29.8 Å². The highest BCUT2D eigenvalue weighted by Gasteiger charge is 2.19. The van der Waals surface area contributed by atoms with Crippen molar-refractivity contribution in [3.8, 4) is 0 Å². The van der Waals surface area contributed by atoms with Crippen molar-refractivity contribution in [2.24, 2.45) is 5.73 Å². The number of carbonyl (C=O) groups is 1. The van der Waals surface area contributed by atoms with Crippen LogP contribution in [-0.2, 0) is 4.79 Å². The van der Waals surface area contributed by atoms with E-state index in [0.717, 1.165) is 37.2 Å². The van der Waals surface area contributed by atoms with Gasteiger partial charge in [0.05, 0.1) is 6.54 Å². The summed E-state index contributed by atoms with van der Waals surface area (Å²) in [7, 11) is 1.87. The Balaban J connectivity index is 2.11. The molecule has 1 aliphatic rings. The normalized spacial score (nSPS) is 18.4. The van der Waals surface area contributed by atoms with E-state index in [-0.39, 0.29) is 11.9 Å². The summed E-state index contributed by atoms with van der Waals surface area (Å²) in [5, 5.41) is 0. The fourth-order valence-electron chi connectivity index (χ4n) is 2.37. The summed E-state index contributed by atoms with van der Waals surface area (Å²) in [6, 6.07) is 8.39. The summed E-state index contributed by atoms with van der Waals surface area (Å²) in [6.07, 6.45) is 1.95. The molecular formula is C15H23N3O. The van der Waals surface area contributed by atoms with Crippen LogP contribution in [0.1, 0.15) is 31.4 Å². The average molecular weight is 261 g/mol. The van der Waals surface area contributed by atoms with Crippen molar-refractivity contribution in [1.82, 2.24) is 4.90 Å². The van der Waals surface area contributed by atoms with Crippen LogP contribution in [0.4, 0.5) is 5.69 Å². The van der Waals surface area contributed by atoms with Crippen molar-refractivity contribution < 1.29 is 4.79 Å². The van der Waals surface area contributed by atoms with Crippen LogP contribution in [-0.4, -0.2) is 37.5 Å². The van der Waals surface area contributed by atoms with E-state index in [1.807, 2.05) is 7.05 Å². The molecule has 1 atom stereocenters. The van der Waals surface area contributed by atoms with E-state index in [0.29, 0.717) is 6.54 Å². The number of carbonyl (C=O) groups excluding carboxylic acids is 1. The number of likely N-dealkylation sites (N-methyl/N-ethyl adjacent to an activating group) is 1. The summed E-state index contributed by atoms with van der Waals surface area (Å²) < 4.78 is 0. The van der Waals surface area contributed by atoms with Gasteiger partial charge in [-0.1, -0.05) is 19.1 Å². The maximum Gasteiger partial charge on any atom is 0.241 e. The fraction of sp³-hybridized carbons (Fsp3) is 0.533. The molecule has 0 radical (unpaired) electrons. The van der Waals surface area contributed by atoms with Crippen molar-refractivity contribution in [2.45, 2.75) is 25.8 Å². The van der Waals surface area contributed by atoms with Crippen LogP contribution in [0.2, 0.25) is 0 Å². The summed E-state index contributed by atoms with van der Waals surface area (Å²) >= 11 is 0. The molecule has 4 nitrogen and oxygen atoms in total. The molecule has 1 saturated heterocycles. The zero-order chi connectivity index (χ0) is 13.8. The predicted molar refractivity (Wildman–Crippen MR) is 78.1 cm³/mol. The lowest BCUT2D eigenvalue weighted by Crippen LogP contribution is -2.34. The van der Waals surface area contributed by atoms with E-state index >= 15 is 0 Å². The number of anilines is 1. The van der Waals surface area contributed by atoms with Gasteiger partial charge in [0.1, 0.15) is 0 Å². The molecule has 1 heterocycles. The van der Waals surface area contributed by atoms with Crippen molar-refractivity contribution in [1.29, 1.82) is 0 Å². The number of hydrogen-bond donors (Lipinski definition) is 1. The van der Waals surface area contributed by atoms with Gasteiger partial charge in [-0.05, 0) is 30.5 Å². The van der Waals surface area contributed by atoms with Crippen molar-refractivity contribution >= 4 is 11.6 Å². The van der Waals surface area contributed by atoms with Gasteiger partial charge in [0.2, 0.25) is 5.91 Å². The zero-order valence-corrected chi connectivity index (χ0v) is 11.8. The Bertz CT molecular complexity index is 430. The summed E-state index contributed by atoms with van der Waals surface area (Å²) in [6.45, 7) is 4.32. The molecule has 1 fully saturated rings. The molecule has 0 aromatic heterocycles. The van der Waals surface area contributed by atoms with Gasteiger partial charge in [0.15, 0.2) is 0 Å². The average Bonchev–Trinajstić information content (AvgIpc) is 2.60. The first kappa shape index (κ1) is 13.9. The summed E-state index contributed by atoms with van der Waals surface area (Å²) in [5.41, 5.74) is 8.28. The largest absolute Gasteiger partial charge is 0.362 e. The van der Waals surface area contributed by atoms with E-state index in [4.69, 9.17) is 5.73 Å². The summed E-state index contributed by atoms with van der Waals surface area (Å²) in [4.78, 5) is 15.8. The van der Waals surface area contributed by atoms with E-state index in [1.54, 1.807) is 4.90 Å². The molecule has 1 aliphatic heterocycles. The molecule has 0 spiro atoms.